The first-order valence-electron chi connectivity index (χ1n) is 6.33. The van der Waals surface area contributed by atoms with Crippen molar-refractivity contribution in [3.8, 4) is 6.07 Å². The lowest BCUT2D eigenvalue weighted by molar-refractivity contribution is 0.195. The molecule has 0 saturated heterocycles. The summed E-state index contributed by atoms with van der Waals surface area (Å²) in [6.07, 6.45) is 0.864. The quantitative estimate of drug-likeness (QED) is 0.469. The number of hydrogen-bond donors (Lipinski definition) is 2. The Morgan fingerprint density at radius 2 is 2.25 bits per heavy atom. The highest BCUT2D eigenvalue weighted by Crippen LogP contribution is 2.09. The Hall–Kier alpha value is -2.13. The van der Waals surface area contributed by atoms with Crippen LogP contribution in [0, 0.1) is 17.1 Å². The molecule has 0 saturated carbocycles. The minimum absolute atomic E-state index is 0.307. The molecule has 1 rings (SSSR count). The fourth-order valence-electron chi connectivity index (χ4n) is 1.58. The average Bonchev–Trinajstić information content (AvgIpc) is 2.47. The molecule has 5 nitrogen and oxygen atoms in total. The predicted octanol–water partition coefficient (Wildman–Crippen LogP) is 1.40. The third-order valence-electron chi connectivity index (χ3n) is 2.67. The lowest BCUT2D eigenvalue weighted by atomic mass is 10.1. The second-order valence-electron chi connectivity index (χ2n) is 4.12. The zero-order chi connectivity index (χ0) is 14.8. The van der Waals surface area contributed by atoms with Crippen molar-refractivity contribution in [2.45, 2.75) is 13.0 Å². The maximum atomic E-state index is 13.7. The number of methoxy groups -OCH3 is 1. The topological polar surface area (TPSA) is 69.4 Å². The molecule has 0 bridgehead atoms. The molecule has 0 radical (unpaired) electrons. The molecule has 6 heteroatoms. The molecule has 0 unspecified atom stereocenters. The van der Waals surface area contributed by atoms with Crippen LogP contribution in [0.25, 0.3) is 0 Å². The molecule has 2 N–H and O–H groups in total. The Morgan fingerprint density at radius 3 is 2.85 bits per heavy atom. The van der Waals surface area contributed by atoms with E-state index < -0.39 is 5.82 Å². The largest absolute Gasteiger partial charge is 0.385 e. The van der Waals surface area contributed by atoms with E-state index in [1.165, 1.54) is 6.07 Å². The predicted molar refractivity (Wildman–Crippen MR) is 75.8 cm³/mol. The minimum Gasteiger partial charge on any atom is -0.385 e. The Labute approximate surface area is 118 Å². The summed E-state index contributed by atoms with van der Waals surface area (Å²) in [7, 11) is 3.31. The summed E-state index contributed by atoms with van der Waals surface area (Å²) in [4.78, 5) is 4.04. The van der Waals surface area contributed by atoms with E-state index in [-0.39, 0.29) is 0 Å². The zero-order valence-corrected chi connectivity index (χ0v) is 11.7. The lowest BCUT2D eigenvalue weighted by Crippen LogP contribution is -2.37. The summed E-state index contributed by atoms with van der Waals surface area (Å²) < 4.78 is 18.6. The molecule has 0 spiro atoms. The second-order valence-corrected chi connectivity index (χ2v) is 4.12. The SMILES string of the molecule is CN=C(NCCCOC)NCc1ccc(C#N)cc1F. The van der Waals surface area contributed by atoms with Crippen LogP contribution in [0.2, 0.25) is 0 Å². The van der Waals surface area contributed by atoms with Gasteiger partial charge in [0.25, 0.3) is 0 Å². The van der Waals surface area contributed by atoms with E-state index in [4.69, 9.17) is 10.00 Å². The number of halogens is 1. The van der Waals surface area contributed by atoms with Crippen molar-refractivity contribution >= 4 is 5.96 Å². The monoisotopic (exact) mass is 278 g/mol. The number of hydrogen-bond acceptors (Lipinski definition) is 3. The van der Waals surface area contributed by atoms with E-state index in [0.29, 0.717) is 30.2 Å². The first-order valence-corrected chi connectivity index (χ1v) is 6.33. The van der Waals surface area contributed by atoms with Crippen molar-refractivity contribution in [1.29, 1.82) is 5.26 Å². The Morgan fingerprint density at radius 1 is 1.45 bits per heavy atom. The van der Waals surface area contributed by atoms with Crippen LogP contribution in [-0.2, 0) is 11.3 Å². The fourth-order valence-corrected chi connectivity index (χ4v) is 1.58. The summed E-state index contributed by atoms with van der Waals surface area (Å²) in [5.74, 6) is 0.205. The summed E-state index contributed by atoms with van der Waals surface area (Å²) in [6, 6.07) is 6.32. The molecule has 1 aromatic rings. The third kappa shape index (κ3) is 5.24. The Balaban J connectivity index is 2.47. The van der Waals surface area contributed by atoms with E-state index >= 15 is 0 Å². The minimum atomic E-state index is -0.397. The van der Waals surface area contributed by atoms with Gasteiger partial charge >= 0.3 is 0 Å². The average molecular weight is 278 g/mol. The molecule has 0 amide bonds. The highest BCUT2D eigenvalue weighted by atomic mass is 19.1. The molecule has 0 atom stereocenters. The fraction of sp³-hybridized carbons (Fsp3) is 0.429. The van der Waals surface area contributed by atoms with Crippen LogP contribution in [-0.4, -0.2) is 33.3 Å². The molecule has 0 heterocycles. The van der Waals surface area contributed by atoms with Crippen LogP contribution >= 0.6 is 0 Å². The molecule has 1 aromatic carbocycles. The first kappa shape index (κ1) is 15.9. The van der Waals surface area contributed by atoms with E-state index in [1.54, 1.807) is 26.3 Å². The molecule has 20 heavy (non-hydrogen) atoms. The van der Waals surface area contributed by atoms with Crippen LogP contribution in [0.1, 0.15) is 17.5 Å². The van der Waals surface area contributed by atoms with Gasteiger partial charge in [-0.25, -0.2) is 4.39 Å². The summed E-state index contributed by atoms with van der Waals surface area (Å²) >= 11 is 0. The van der Waals surface area contributed by atoms with Gasteiger partial charge in [0, 0.05) is 39.4 Å². The van der Waals surface area contributed by atoms with Crippen LogP contribution in [0.4, 0.5) is 4.39 Å². The normalized spacial score (nSPS) is 11.0. The van der Waals surface area contributed by atoms with Crippen LogP contribution in [0.3, 0.4) is 0 Å². The number of rotatable bonds is 6. The van der Waals surface area contributed by atoms with Crippen LogP contribution in [0.15, 0.2) is 23.2 Å². The van der Waals surface area contributed by atoms with Gasteiger partial charge in [-0.05, 0) is 18.6 Å². The van der Waals surface area contributed by atoms with Gasteiger partial charge in [0.15, 0.2) is 5.96 Å². The molecule has 0 fully saturated rings. The summed E-state index contributed by atoms with van der Waals surface area (Å²) in [5.41, 5.74) is 0.803. The van der Waals surface area contributed by atoms with Gasteiger partial charge in [-0.3, -0.25) is 4.99 Å². The molecule has 0 aliphatic carbocycles. The van der Waals surface area contributed by atoms with Gasteiger partial charge < -0.3 is 15.4 Å². The standard InChI is InChI=1S/C14H19FN4O/c1-17-14(18-6-3-7-20-2)19-10-12-5-4-11(9-16)8-13(12)15/h4-5,8H,3,6-7,10H2,1-2H3,(H2,17,18,19). The maximum absolute atomic E-state index is 13.7. The lowest BCUT2D eigenvalue weighted by Gasteiger charge is -2.12. The van der Waals surface area contributed by atoms with E-state index in [1.807, 2.05) is 6.07 Å². The molecule has 108 valence electrons. The summed E-state index contributed by atoms with van der Waals surface area (Å²) in [6.45, 7) is 1.71. The number of nitrogens with one attached hydrogen (secondary N) is 2. The molecular weight excluding hydrogens is 259 g/mol. The molecule has 0 aliphatic rings. The van der Waals surface area contributed by atoms with Gasteiger partial charge in [-0.2, -0.15) is 5.26 Å². The highest BCUT2D eigenvalue weighted by Gasteiger charge is 2.04. The number of ether oxygens (including phenoxy) is 1. The number of guanidine groups is 1. The van der Waals surface area contributed by atoms with Gasteiger partial charge in [0.05, 0.1) is 11.6 Å². The van der Waals surface area contributed by atoms with E-state index in [2.05, 4.69) is 15.6 Å². The van der Waals surface area contributed by atoms with E-state index in [0.717, 1.165) is 13.0 Å². The summed E-state index contributed by atoms with van der Waals surface area (Å²) in [5, 5.41) is 14.8. The maximum Gasteiger partial charge on any atom is 0.191 e. The van der Waals surface area contributed by atoms with Crippen molar-refractivity contribution in [1.82, 2.24) is 10.6 Å². The smallest absolute Gasteiger partial charge is 0.191 e. The number of benzene rings is 1. The first-order chi connectivity index (χ1) is 9.71. The van der Waals surface area contributed by atoms with E-state index in [9.17, 15) is 4.39 Å². The second kappa shape index (κ2) is 8.88. The molecule has 0 aromatic heterocycles. The number of nitrogens with zero attached hydrogens (tertiary/aromatic N) is 2. The van der Waals surface area contributed by atoms with Crippen molar-refractivity contribution < 1.29 is 9.13 Å². The zero-order valence-electron chi connectivity index (χ0n) is 11.7. The van der Waals surface area contributed by atoms with Crippen molar-refractivity contribution in [3.63, 3.8) is 0 Å². The number of nitriles is 1. The van der Waals surface area contributed by atoms with Crippen LogP contribution < -0.4 is 10.6 Å². The molecular formula is C14H19FN4O. The third-order valence-corrected chi connectivity index (χ3v) is 2.67. The van der Waals surface area contributed by atoms with Gasteiger partial charge in [0.2, 0.25) is 0 Å². The van der Waals surface area contributed by atoms with Crippen LogP contribution in [0.5, 0.6) is 0 Å². The van der Waals surface area contributed by atoms with Crippen molar-refractivity contribution in [2.24, 2.45) is 4.99 Å². The Bertz CT molecular complexity index is 496. The van der Waals surface area contributed by atoms with Gasteiger partial charge in [0.1, 0.15) is 5.82 Å². The molecule has 0 aliphatic heterocycles. The van der Waals surface area contributed by atoms with Crippen molar-refractivity contribution in [2.75, 3.05) is 27.3 Å². The van der Waals surface area contributed by atoms with Gasteiger partial charge in [-0.15, -0.1) is 0 Å². The van der Waals surface area contributed by atoms with Crippen molar-refractivity contribution in [3.05, 3.63) is 35.1 Å². The number of aliphatic imine (C=N–C) groups is 1. The Kier molecular flexibility index (Phi) is 7.07. The van der Waals surface area contributed by atoms with Gasteiger partial charge in [-0.1, -0.05) is 6.07 Å². The highest BCUT2D eigenvalue weighted by molar-refractivity contribution is 5.79.